The molecule has 7 aromatic carbocycles. The number of aromatic nitrogens is 2. The Bertz CT molecular complexity index is 2760. The van der Waals surface area contributed by atoms with Crippen LogP contribution in [0.4, 0.5) is 0 Å². The number of rotatable bonds is 8. The predicted octanol–water partition coefficient (Wildman–Crippen LogP) is 11.6. The molecule has 0 spiro atoms. The first-order chi connectivity index (χ1) is 29.8. The Hall–Kier alpha value is -6.18. The third-order valence-electron chi connectivity index (χ3n) is 11.5. The highest BCUT2D eigenvalue weighted by molar-refractivity contribution is 7.80. The van der Waals surface area contributed by atoms with Gasteiger partial charge >= 0.3 is 0 Å². The Kier molecular flexibility index (Phi) is 11.0. The van der Waals surface area contributed by atoms with Crippen molar-refractivity contribution in [1.29, 1.82) is 0 Å². The lowest BCUT2D eigenvalue weighted by atomic mass is 9.85. The summed E-state index contributed by atoms with van der Waals surface area (Å²) >= 11 is 0. The number of phenolic OH excluding ortho intramolecular Hbond substituents is 2. The maximum absolute atomic E-state index is 12.5. The Labute approximate surface area is 367 Å². The van der Waals surface area contributed by atoms with Crippen molar-refractivity contribution in [3.63, 3.8) is 0 Å². The zero-order chi connectivity index (χ0) is 43.2. The molecule has 0 aliphatic heterocycles. The lowest BCUT2D eigenvalue weighted by Crippen LogP contribution is -2.23. The minimum Gasteiger partial charge on any atom is -0.507 e. The van der Waals surface area contributed by atoms with Gasteiger partial charge < -0.3 is 10.2 Å². The van der Waals surface area contributed by atoms with Crippen molar-refractivity contribution in [3.8, 4) is 34.0 Å². The Morgan fingerprint density at radius 1 is 0.371 bits per heavy atom. The van der Waals surface area contributed by atoms with Crippen molar-refractivity contribution >= 4 is 69.5 Å². The minimum absolute atomic E-state index is 0.199. The number of pyridine rings is 2. The topological polar surface area (TPSA) is 66.2 Å². The van der Waals surface area contributed by atoms with E-state index in [9.17, 15) is 10.2 Å². The third kappa shape index (κ3) is 8.02. The maximum atomic E-state index is 12.5. The van der Waals surface area contributed by atoms with Gasteiger partial charge in [-0.25, -0.2) is 9.97 Å². The first-order valence-electron chi connectivity index (χ1n) is 21.1. The molecule has 0 amide bonds. The number of fused-ring (bicyclic) bond motifs is 3. The molecule has 0 saturated carbocycles. The molecule has 62 heavy (non-hydrogen) atoms. The fourth-order valence-electron chi connectivity index (χ4n) is 8.07. The van der Waals surface area contributed by atoms with Crippen LogP contribution in [0.2, 0.25) is 0 Å². The van der Waals surface area contributed by atoms with E-state index in [0.717, 1.165) is 64.8 Å². The molecular weight excluding hydrogens is 795 g/mol. The molecule has 9 rings (SSSR count). The monoisotopic (exact) mass is 844 g/mol. The van der Waals surface area contributed by atoms with E-state index < -0.39 is 15.8 Å². The number of phenols is 2. The van der Waals surface area contributed by atoms with Crippen LogP contribution in [0, 0.1) is 0 Å². The first-order valence-corrected chi connectivity index (χ1v) is 23.8. The summed E-state index contributed by atoms with van der Waals surface area (Å²) in [5.41, 5.74) is 6.05. The van der Waals surface area contributed by atoms with E-state index in [0.29, 0.717) is 22.5 Å². The van der Waals surface area contributed by atoms with Gasteiger partial charge in [0.2, 0.25) is 0 Å². The van der Waals surface area contributed by atoms with E-state index >= 15 is 0 Å². The van der Waals surface area contributed by atoms with E-state index in [-0.39, 0.29) is 22.3 Å². The second-order valence-corrected chi connectivity index (χ2v) is 22.3. The van der Waals surface area contributed by atoms with Crippen LogP contribution in [-0.2, 0) is 10.8 Å². The van der Waals surface area contributed by atoms with Gasteiger partial charge in [0.1, 0.15) is 11.5 Å². The standard InChI is InChI=1S/C56H50N2O2P2/c1-55(2,3)39-33-45(53(59)49(35-39)61(41-19-11-7-12-20-41)42-21-13-8-14-22-42)47-31-29-37-27-28-38-30-32-48(58-52(38)51(37)57-47)46-34-40(56(4,5)6)36-50(54(46)60)62(43-23-15-9-16-24-43)44-25-17-10-18-26-44/h7-36,59-60H,1-6H3. The van der Waals surface area contributed by atoms with Crippen molar-refractivity contribution < 1.29 is 10.2 Å². The van der Waals surface area contributed by atoms with E-state index in [4.69, 9.17) is 9.97 Å². The molecule has 9 aromatic rings. The lowest BCUT2D eigenvalue weighted by Gasteiger charge is -2.26. The molecular formula is C56H50N2O2P2. The third-order valence-corrected chi connectivity index (χ3v) is 16.4. The molecule has 0 bridgehead atoms. The van der Waals surface area contributed by atoms with E-state index in [1.54, 1.807) is 0 Å². The zero-order valence-electron chi connectivity index (χ0n) is 36.0. The average molecular weight is 845 g/mol. The molecule has 2 aromatic heterocycles. The first kappa shape index (κ1) is 41.2. The second-order valence-electron chi connectivity index (χ2n) is 17.9. The van der Waals surface area contributed by atoms with Crippen LogP contribution in [-0.4, -0.2) is 20.2 Å². The van der Waals surface area contributed by atoms with Gasteiger partial charge in [-0.1, -0.05) is 187 Å². The Morgan fingerprint density at radius 3 is 0.952 bits per heavy atom. The molecule has 2 N–H and O–H groups in total. The van der Waals surface area contributed by atoms with Gasteiger partial charge in [-0.2, -0.15) is 0 Å². The van der Waals surface area contributed by atoms with Gasteiger partial charge in [0.05, 0.1) is 22.4 Å². The summed E-state index contributed by atoms with van der Waals surface area (Å²) in [7, 11) is -2.19. The molecule has 306 valence electrons. The van der Waals surface area contributed by atoms with Crippen LogP contribution in [0.25, 0.3) is 44.3 Å². The smallest absolute Gasteiger partial charge is 0.133 e. The maximum Gasteiger partial charge on any atom is 0.133 e. The zero-order valence-corrected chi connectivity index (χ0v) is 37.8. The molecule has 0 radical (unpaired) electrons. The molecule has 0 aliphatic rings. The number of hydrogen-bond donors (Lipinski definition) is 2. The highest BCUT2D eigenvalue weighted by Gasteiger charge is 2.29. The molecule has 0 aliphatic carbocycles. The van der Waals surface area contributed by atoms with Crippen LogP contribution in [0.3, 0.4) is 0 Å². The SMILES string of the molecule is CC(C)(C)c1cc(-c2ccc3ccc4ccc(-c5cc(C(C)(C)C)cc(P(c6ccccc6)c6ccccc6)c5O)nc4c3n2)c(O)c(P(c2ccccc2)c2ccccc2)c1. The molecule has 4 nitrogen and oxygen atoms in total. The Morgan fingerprint density at radius 2 is 0.661 bits per heavy atom. The average Bonchev–Trinajstić information content (AvgIpc) is 3.28. The van der Waals surface area contributed by atoms with Crippen molar-refractivity contribution in [2.45, 2.75) is 52.4 Å². The van der Waals surface area contributed by atoms with Crippen molar-refractivity contribution in [3.05, 3.63) is 193 Å². The van der Waals surface area contributed by atoms with Gasteiger partial charge in [0.25, 0.3) is 0 Å². The summed E-state index contributed by atoms with van der Waals surface area (Å²) < 4.78 is 0. The molecule has 0 fully saturated rings. The Balaban J connectivity index is 1.24. The number of nitrogens with zero attached hydrogens (tertiary/aromatic N) is 2. The number of aromatic hydroxyl groups is 2. The van der Waals surface area contributed by atoms with Crippen LogP contribution < -0.4 is 31.8 Å². The highest BCUT2D eigenvalue weighted by Crippen LogP contribution is 2.45. The van der Waals surface area contributed by atoms with Crippen LogP contribution in [0.15, 0.2) is 182 Å². The van der Waals surface area contributed by atoms with Gasteiger partial charge in [-0.05, 0) is 95.4 Å². The summed E-state index contributed by atoms with van der Waals surface area (Å²) in [6.45, 7) is 13.3. The lowest BCUT2D eigenvalue weighted by molar-refractivity contribution is 0.480. The number of benzene rings is 7. The molecule has 2 heterocycles. The molecule has 6 heteroatoms. The summed E-state index contributed by atoms with van der Waals surface area (Å²) in [6, 6.07) is 63.0. The largest absolute Gasteiger partial charge is 0.507 e. The van der Waals surface area contributed by atoms with Crippen molar-refractivity contribution in [1.82, 2.24) is 9.97 Å². The summed E-state index contributed by atoms with van der Waals surface area (Å²) in [4.78, 5) is 10.7. The van der Waals surface area contributed by atoms with Crippen LogP contribution >= 0.6 is 15.8 Å². The molecule has 0 unspecified atom stereocenters. The second kappa shape index (κ2) is 16.6. The highest BCUT2D eigenvalue weighted by atomic mass is 31.1. The molecule has 0 saturated heterocycles. The summed E-state index contributed by atoms with van der Waals surface area (Å²) in [5.74, 6) is 0.477. The van der Waals surface area contributed by atoms with Gasteiger partial charge in [0, 0.05) is 32.5 Å². The predicted molar refractivity (Wildman–Crippen MR) is 266 cm³/mol. The van der Waals surface area contributed by atoms with E-state index in [1.807, 2.05) is 36.4 Å². The molecule has 0 atom stereocenters. The minimum atomic E-state index is -1.09. The van der Waals surface area contributed by atoms with Gasteiger partial charge in [-0.15, -0.1) is 0 Å². The normalized spacial score (nSPS) is 12.1. The van der Waals surface area contributed by atoms with E-state index in [1.165, 1.54) is 0 Å². The number of hydrogen-bond acceptors (Lipinski definition) is 4. The van der Waals surface area contributed by atoms with Crippen molar-refractivity contribution in [2.75, 3.05) is 0 Å². The fraction of sp³-hybridized carbons (Fsp3) is 0.143. The van der Waals surface area contributed by atoms with Gasteiger partial charge in [0.15, 0.2) is 0 Å². The summed E-state index contributed by atoms with van der Waals surface area (Å²) in [5, 5.41) is 33.3. The van der Waals surface area contributed by atoms with Gasteiger partial charge in [-0.3, -0.25) is 0 Å². The summed E-state index contributed by atoms with van der Waals surface area (Å²) in [6.07, 6.45) is 0. The van der Waals surface area contributed by atoms with Crippen LogP contribution in [0.5, 0.6) is 11.5 Å². The van der Waals surface area contributed by atoms with E-state index in [2.05, 4.69) is 187 Å². The fourth-order valence-corrected chi connectivity index (χ4v) is 12.9. The quantitative estimate of drug-likeness (QED) is 0.118. The van der Waals surface area contributed by atoms with Crippen LogP contribution in [0.1, 0.15) is 52.7 Å². The van der Waals surface area contributed by atoms with Crippen molar-refractivity contribution in [2.24, 2.45) is 0 Å².